The molecule has 1 heterocycles. The van der Waals surface area contributed by atoms with E-state index in [9.17, 15) is 23.2 Å². The Morgan fingerprint density at radius 3 is 2.40 bits per heavy atom. The van der Waals surface area contributed by atoms with Crippen molar-refractivity contribution in [2.24, 2.45) is 5.84 Å². The minimum absolute atomic E-state index is 0.130. The van der Waals surface area contributed by atoms with Crippen molar-refractivity contribution in [3.63, 3.8) is 0 Å². The fourth-order valence-corrected chi connectivity index (χ4v) is 3.84. The van der Waals surface area contributed by atoms with Gasteiger partial charge in [-0.05, 0) is 70.5 Å². The van der Waals surface area contributed by atoms with Crippen molar-refractivity contribution in [1.29, 1.82) is 0 Å². The predicted octanol–water partition coefficient (Wildman–Crippen LogP) is 5.27. The third-order valence-electron chi connectivity index (χ3n) is 5.43. The van der Waals surface area contributed by atoms with Gasteiger partial charge < -0.3 is 9.64 Å². The molecule has 1 aliphatic heterocycles. The minimum atomic E-state index is -3.29. The molecule has 0 atom stereocenters. The summed E-state index contributed by atoms with van der Waals surface area (Å²) in [6, 6.07) is 10.8. The first-order chi connectivity index (χ1) is 16.2. The first-order valence-corrected chi connectivity index (χ1v) is 11.1. The lowest BCUT2D eigenvalue weighted by Crippen LogP contribution is -2.41. The van der Waals surface area contributed by atoms with Crippen LogP contribution in [-0.2, 0) is 9.53 Å². The van der Waals surface area contributed by atoms with Gasteiger partial charge in [-0.1, -0.05) is 18.2 Å². The molecule has 0 unspecified atom stereocenters. The second-order valence-electron chi connectivity index (χ2n) is 9.45. The van der Waals surface area contributed by atoms with Crippen molar-refractivity contribution < 1.29 is 27.9 Å². The number of carbonyl (C=O) groups is 3. The molecule has 0 aliphatic carbocycles. The van der Waals surface area contributed by atoms with E-state index in [2.05, 4.69) is 0 Å². The van der Waals surface area contributed by atoms with Gasteiger partial charge in [-0.15, -0.1) is 0 Å². The first-order valence-electron chi connectivity index (χ1n) is 11.1. The van der Waals surface area contributed by atoms with E-state index in [0.717, 1.165) is 11.1 Å². The van der Waals surface area contributed by atoms with Crippen LogP contribution in [0.4, 0.5) is 25.0 Å². The van der Waals surface area contributed by atoms with Crippen LogP contribution in [0.2, 0.25) is 0 Å². The number of rotatable bonds is 3. The molecule has 2 aromatic rings. The Hall–Kier alpha value is -3.59. The quantitative estimate of drug-likeness (QED) is 0.277. The molecule has 2 amide bonds. The fourth-order valence-electron chi connectivity index (χ4n) is 3.84. The summed E-state index contributed by atoms with van der Waals surface area (Å²) in [7, 11) is 0. The Kier molecular flexibility index (Phi) is 7.12. The number of halogens is 2. The third-order valence-corrected chi connectivity index (χ3v) is 5.43. The number of fused-ring (bicyclic) bond motifs is 1. The molecule has 2 N–H and O–H groups in total. The lowest BCUT2D eigenvalue weighted by molar-refractivity contribution is -0.112. The lowest BCUT2D eigenvalue weighted by atomic mass is 9.96. The summed E-state index contributed by atoms with van der Waals surface area (Å²) in [5.41, 5.74) is 0.355. The molecule has 0 bridgehead atoms. The SMILES string of the molecule is CC(=O)/C=C1/c2ccccc2N(C(=O)c2ccc(N(N)C(=O)OC(C)(C)C)cc2C)CCC1(F)F. The Morgan fingerprint density at radius 1 is 1.14 bits per heavy atom. The second-order valence-corrected chi connectivity index (χ2v) is 9.45. The van der Waals surface area contributed by atoms with Crippen LogP contribution in [0.1, 0.15) is 55.6 Å². The molecule has 0 saturated heterocycles. The number of ketones is 1. The largest absolute Gasteiger partial charge is 0.442 e. The highest BCUT2D eigenvalue weighted by Crippen LogP contribution is 2.43. The van der Waals surface area contributed by atoms with Gasteiger partial charge in [-0.2, -0.15) is 0 Å². The van der Waals surface area contributed by atoms with Gasteiger partial charge in [0, 0.05) is 29.7 Å². The van der Waals surface area contributed by atoms with E-state index in [0.29, 0.717) is 16.9 Å². The number of ether oxygens (including phenoxy) is 1. The van der Waals surface area contributed by atoms with Gasteiger partial charge in [-0.3, -0.25) is 9.59 Å². The van der Waals surface area contributed by atoms with Crippen molar-refractivity contribution in [3.05, 3.63) is 65.2 Å². The maximum atomic E-state index is 15.0. The average Bonchev–Trinajstić information content (AvgIpc) is 2.86. The highest BCUT2D eigenvalue weighted by atomic mass is 19.3. The third kappa shape index (κ3) is 5.74. The van der Waals surface area contributed by atoms with Crippen molar-refractivity contribution in [2.75, 3.05) is 16.5 Å². The number of anilines is 2. The number of para-hydroxylation sites is 1. The molecule has 0 fully saturated rings. The predicted molar refractivity (Wildman–Crippen MR) is 130 cm³/mol. The molecule has 35 heavy (non-hydrogen) atoms. The van der Waals surface area contributed by atoms with Crippen LogP contribution in [0, 0.1) is 6.92 Å². The number of aryl methyl sites for hydroxylation is 1. The van der Waals surface area contributed by atoms with Crippen LogP contribution >= 0.6 is 0 Å². The van der Waals surface area contributed by atoms with Gasteiger partial charge in [0.15, 0.2) is 5.78 Å². The second kappa shape index (κ2) is 9.58. The van der Waals surface area contributed by atoms with Crippen molar-refractivity contribution >= 4 is 34.7 Å². The smallest absolute Gasteiger partial charge is 0.429 e. The van der Waals surface area contributed by atoms with Crippen molar-refractivity contribution in [2.45, 2.75) is 52.6 Å². The standard InChI is InChI=1S/C26H29F2N3O4/c1-16-14-18(31(29)24(34)35-25(3,4)5)10-11-19(16)23(33)30-13-12-26(27,28)21(15-17(2)32)20-8-6-7-9-22(20)30/h6-11,14-15H,12-13,29H2,1-5H3/b21-15-. The summed E-state index contributed by atoms with van der Waals surface area (Å²) in [5, 5.41) is 0.840. The van der Waals surface area contributed by atoms with E-state index >= 15 is 0 Å². The lowest BCUT2D eigenvalue weighted by Gasteiger charge is -2.25. The van der Waals surface area contributed by atoms with Crippen LogP contribution in [0.25, 0.3) is 5.57 Å². The van der Waals surface area contributed by atoms with E-state index in [-0.39, 0.29) is 17.7 Å². The van der Waals surface area contributed by atoms with Crippen LogP contribution in [-0.4, -0.2) is 35.9 Å². The molecule has 186 valence electrons. The number of allylic oxidation sites excluding steroid dienone is 2. The number of nitrogens with zero attached hydrogens (tertiary/aromatic N) is 2. The summed E-state index contributed by atoms with van der Waals surface area (Å²) in [4.78, 5) is 38.8. The molecule has 0 spiro atoms. The Balaban J connectivity index is 1.98. The summed E-state index contributed by atoms with van der Waals surface area (Å²) < 4.78 is 35.3. The van der Waals surface area contributed by atoms with E-state index in [1.54, 1.807) is 52.0 Å². The molecule has 0 saturated carbocycles. The van der Waals surface area contributed by atoms with Crippen molar-refractivity contribution in [1.82, 2.24) is 0 Å². The minimum Gasteiger partial charge on any atom is -0.442 e. The molecule has 1 aliphatic rings. The Labute approximate surface area is 203 Å². The fraction of sp³-hybridized carbons (Fsp3) is 0.346. The highest BCUT2D eigenvalue weighted by molar-refractivity contribution is 6.10. The van der Waals surface area contributed by atoms with Gasteiger partial charge in [0.1, 0.15) is 5.60 Å². The van der Waals surface area contributed by atoms with Crippen LogP contribution in [0.5, 0.6) is 0 Å². The monoisotopic (exact) mass is 485 g/mol. The Bertz CT molecular complexity index is 1200. The molecule has 0 aromatic heterocycles. The topological polar surface area (TPSA) is 92.9 Å². The number of hydrogen-bond donors (Lipinski definition) is 1. The number of amides is 2. The molecule has 9 heteroatoms. The van der Waals surface area contributed by atoms with E-state index in [1.165, 1.54) is 30.0 Å². The molecule has 7 nitrogen and oxygen atoms in total. The van der Waals surface area contributed by atoms with Gasteiger partial charge >= 0.3 is 6.09 Å². The number of carbonyl (C=O) groups excluding carboxylic acids is 3. The number of benzene rings is 2. The first kappa shape index (κ1) is 26.0. The van der Waals surface area contributed by atoms with E-state index < -0.39 is 41.3 Å². The average molecular weight is 486 g/mol. The zero-order valence-electron chi connectivity index (χ0n) is 20.4. The Morgan fingerprint density at radius 2 is 1.80 bits per heavy atom. The maximum Gasteiger partial charge on any atom is 0.429 e. The summed E-state index contributed by atoms with van der Waals surface area (Å²) in [6.45, 7) is 7.77. The number of alkyl halides is 2. The highest BCUT2D eigenvalue weighted by Gasteiger charge is 2.41. The van der Waals surface area contributed by atoms with Gasteiger partial charge in [0.25, 0.3) is 11.8 Å². The van der Waals surface area contributed by atoms with Crippen molar-refractivity contribution in [3.8, 4) is 0 Å². The van der Waals surface area contributed by atoms with E-state index in [1.807, 2.05) is 0 Å². The molecular weight excluding hydrogens is 456 g/mol. The number of hydrazine groups is 1. The summed E-state index contributed by atoms with van der Waals surface area (Å²) in [6.07, 6.45) is -0.470. The zero-order valence-corrected chi connectivity index (χ0v) is 20.4. The van der Waals surface area contributed by atoms with Gasteiger partial charge in [0.05, 0.1) is 11.4 Å². The van der Waals surface area contributed by atoms with Gasteiger partial charge in [0.2, 0.25) is 0 Å². The number of nitrogens with two attached hydrogens (primary N) is 1. The molecule has 3 rings (SSSR count). The van der Waals surface area contributed by atoms with Crippen LogP contribution in [0.3, 0.4) is 0 Å². The molecule has 2 aromatic carbocycles. The summed E-state index contributed by atoms with van der Waals surface area (Å²) >= 11 is 0. The van der Waals surface area contributed by atoms with Gasteiger partial charge in [-0.25, -0.2) is 24.4 Å². The van der Waals surface area contributed by atoms with E-state index in [4.69, 9.17) is 10.6 Å². The summed E-state index contributed by atoms with van der Waals surface area (Å²) in [5.74, 6) is 1.62. The van der Waals surface area contributed by atoms with Crippen LogP contribution < -0.4 is 15.8 Å². The maximum absolute atomic E-state index is 15.0. The normalized spacial score (nSPS) is 16.3. The molecule has 0 radical (unpaired) electrons. The zero-order chi connectivity index (χ0) is 26.1. The molecular formula is C26H29F2N3O4. The van der Waals surface area contributed by atoms with Crippen LogP contribution in [0.15, 0.2) is 48.5 Å². The number of hydrogen-bond acceptors (Lipinski definition) is 5.